The van der Waals surface area contributed by atoms with Crippen LogP contribution in [-0.4, -0.2) is 23.7 Å². The van der Waals surface area contributed by atoms with Gasteiger partial charge < -0.3 is 13.7 Å². The number of furan rings is 1. The number of carbonyl (C=O) groups excluding carboxylic acids is 1. The van der Waals surface area contributed by atoms with Gasteiger partial charge in [-0.1, -0.05) is 22.9 Å². The number of thiazole rings is 1. The summed E-state index contributed by atoms with van der Waals surface area (Å²) in [5, 5.41) is 0.652. The van der Waals surface area contributed by atoms with Gasteiger partial charge in [0.2, 0.25) is 0 Å². The summed E-state index contributed by atoms with van der Waals surface area (Å²) in [4.78, 5) is 17.0. The average molecular weight is 351 g/mol. The van der Waals surface area contributed by atoms with E-state index in [2.05, 4.69) is 4.99 Å². The van der Waals surface area contributed by atoms with Crippen LogP contribution in [0.3, 0.4) is 0 Å². The monoisotopic (exact) mass is 350 g/mol. The van der Waals surface area contributed by atoms with Crippen molar-refractivity contribution >= 4 is 39.1 Å². The minimum absolute atomic E-state index is 0.219. The summed E-state index contributed by atoms with van der Waals surface area (Å²) < 4.78 is 13.5. The minimum atomic E-state index is -0.405. The van der Waals surface area contributed by atoms with Crippen LogP contribution in [0.25, 0.3) is 10.2 Å². The lowest BCUT2D eigenvalue weighted by molar-refractivity contribution is 0.0970. The standard InChI is InChI=1S/C16H15ClN2O3S/c1-2-21-9-7-19-12-6-5-11(17)10-14(12)23-16(19)18-15(20)13-4-3-8-22-13/h3-6,8,10H,2,7,9H2,1H3. The number of rotatable bonds is 5. The molecular weight excluding hydrogens is 336 g/mol. The first-order valence-corrected chi connectivity index (χ1v) is 8.37. The maximum Gasteiger partial charge on any atom is 0.315 e. The van der Waals surface area contributed by atoms with E-state index in [-0.39, 0.29) is 5.76 Å². The smallest absolute Gasteiger partial charge is 0.315 e. The van der Waals surface area contributed by atoms with E-state index >= 15 is 0 Å². The van der Waals surface area contributed by atoms with Gasteiger partial charge in [0, 0.05) is 18.2 Å². The number of aromatic nitrogens is 1. The van der Waals surface area contributed by atoms with Crippen molar-refractivity contribution in [1.29, 1.82) is 0 Å². The topological polar surface area (TPSA) is 56.7 Å². The zero-order valence-electron chi connectivity index (χ0n) is 12.5. The largest absolute Gasteiger partial charge is 0.459 e. The fourth-order valence-corrected chi connectivity index (χ4v) is 3.52. The van der Waals surface area contributed by atoms with Crippen molar-refractivity contribution in [1.82, 2.24) is 4.57 Å². The Kier molecular flexibility index (Phi) is 4.95. The second-order valence-electron chi connectivity index (χ2n) is 4.74. The van der Waals surface area contributed by atoms with Crippen molar-refractivity contribution in [3.8, 4) is 0 Å². The number of benzene rings is 1. The number of nitrogens with zero attached hydrogens (tertiary/aromatic N) is 2. The van der Waals surface area contributed by atoms with Gasteiger partial charge in [0.15, 0.2) is 10.6 Å². The molecule has 0 saturated carbocycles. The van der Waals surface area contributed by atoms with Crippen LogP contribution < -0.4 is 4.80 Å². The molecule has 5 nitrogen and oxygen atoms in total. The first-order chi connectivity index (χ1) is 11.2. The molecule has 2 heterocycles. The highest BCUT2D eigenvalue weighted by atomic mass is 35.5. The highest BCUT2D eigenvalue weighted by molar-refractivity contribution is 7.16. The van der Waals surface area contributed by atoms with Gasteiger partial charge in [-0.25, -0.2) is 0 Å². The lowest BCUT2D eigenvalue weighted by Gasteiger charge is -2.05. The summed E-state index contributed by atoms with van der Waals surface area (Å²) in [6.07, 6.45) is 1.45. The van der Waals surface area contributed by atoms with E-state index in [1.807, 2.05) is 29.7 Å². The van der Waals surface area contributed by atoms with Gasteiger partial charge in [-0.05, 0) is 37.3 Å². The van der Waals surface area contributed by atoms with Crippen LogP contribution in [0.2, 0.25) is 5.02 Å². The molecule has 0 spiro atoms. The fraction of sp³-hybridized carbons (Fsp3) is 0.250. The molecule has 1 aromatic carbocycles. The molecule has 1 amide bonds. The third kappa shape index (κ3) is 3.55. The molecule has 0 radical (unpaired) electrons. The molecule has 23 heavy (non-hydrogen) atoms. The molecule has 0 aliphatic heterocycles. The second-order valence-corrected chi connectivity index (χ2v) is 6.19. The summed E-state index contributed by atoms with van der Waals surface area (Å²) in [6.45, 7) is 3.75. The Labute approximate surface area is 141 Å². The Morgan fingerprint density at radius 2 is 2.30 bits per heavy atom. The predicted octanol–water partition coefficient (Wildman–Crippen LogP) is 3.73. The normalized spacial score (nSPS) is 12.2. The summed E-state index contributed by atoms with van der Waals surface area (Å²) in [6, 6.07) is 8.88. The van der Waals surface area contributed by atoms with Gasteiger partial charge in [0.25, 0.3) is 0 Å². The Hall–Kier alpha value is -1.89. The second kappa shape index (κ2) is 7.12. The summed E-state index contributed by atoms with van der Waals surface area (Å²) in [5.74, 6) is -0.186. The van der Waals surface area contributed by atoms with Gasteiger partial charge in [0.05, 0.1) is 23.1 Å². The molecule has 3 rings (SSSR count). The van der Waals surface area contributed by atoms with E-state index in [1.54, 1.807) is 12.1 Å². The van der Waals surface area contributed by atoms with E-state index in [0.717, 1.165) is 10.2 Å². The molecule has 0 unspecified atom stereocenters. The first kappa shape index (κ1) is 16.0. The number of halogens is 1. The summed E-state index contributed by atoms with van der Waals surface area (Å²) in [7, 11) is 0. The molecule has 0 aliphatic rings. The lowest BCUT2D eigenvalue weighted by Crippen LogP contribution is -2.19. The van der Waals surface area contributed by atoms with Crippen LogP contribution in [0.1, 0.15) is 17.5 Å². The maximum atomic E-state index is 12.2. The number of fused-ring (bicyclic) bond motifs is 1. The van der Waals surface area contributed by atoms with Crippen LogP contribution in [0.15, 0.2) is 46.0 Å². The molecule has 0 aliphatic carbocycles. The average Bonchev–Trinajstić information content (AvgIpc) is 3.16. The van der Waals surface area contributed by atoms with Crippen molar-refractivity contribution in [2.45, 2.75) is 13.5 Å². The van der Waals surface area contributed by atoms with Gasteiger partial charge >= 0.3 is 5.91 Å². The van der Waals surface area contributed by atoms with Gasteiger partial charge in [-0.3, -0.25) is 4.79 Å². The minimum Gasteiger partial charge on any atom is -0.459 e. The zero-order chi connectivity index (χ0) is 16.2. The van der Waals surface area contributed by atoms with Gasteiger partial charge in [-0.15, -0.1) is 0 Å². The van der Waals surface area contributed by atoms with Gasteiger partial charge in [-0.2, -0.15) is 4.99 Å². The number of hydrogen-bond acceptors (Lipinski definition) is 4. The van der Waals surface area contributed by atoms with Crippen LogP contribution in [0, 0.1) is 0 Å². The molecule has 0 atom stereocenters. The number of ether oxygens (including phenoxy) is 1. The zero-order valence-corrected chi connectivity index (χ0v) is 14.1. The van der Waals surface area contributed by atoms with Crippen LogP contribution >= 0.6 is 22.9 Å². The molecule has 120 valence electrons. The number of hydrogen-bond donors (Lipinski definition) is 0. The van der Waals surface area contributed by atoms with Crippen molar-refractivity contribution in [3.05, 3.63) is 52.2 Å². The molecule has 0 N–H and O–H groups in total. The molecule has 0 fully saturated rings. The fourth-order valence-electron chi connectivity index (χ4n) is 2.19. The van der Waals surface area contributed by atoms with Crippen LogP contribution in [0.5, 0.6) is 0 Å². The predicted molar refractivity (Wildman–Crippen MR) is 89.9 cm³/mol. The Morgan fingerprint density at radius 3 is 3.04 bits per heavy atom. The van der Waals surface area contributed by atoms with Crippen LogP contribution in [-0.2, 0) is 11.3 Å². The van der Waals surface area contributed by atoms with Gasteiger partial charge in [0.1, 0.15) is 0 Å². The molecule has 7 heteroatoms. The van der Waals surface area contributed by atoms with Crippen molar-refractivity contribution in [2.24, 2.45) is 4.99 Å². The third-order valence-corrected chi connectivity index (χ3v) is 4.51. The third-order valence-electron chi connectivity index (χ3n) is 3.24. The highest BCUT2D eigenvalue weighted by Crippen LogP contribution is 2.22. The van der Waals surface area contributed by atoms with Crippen LogP contribution in [0.4, 0.5) is 0 Å². The molecular formula is C16H15ClN2O3S. The van der Waals surface area contributed by atoms with Crippen molar-refractivity contribution in [2.75, 3.05) is 13.2 Å². The van der Waals surface area contributed by atoms with E-state index in [0.29, 0.717) is 29.6 Å². The molecule has 0 bridgehead atoms. The maximum absolute atomic E-state index is 12.2. The Morgan fingerprint density at radius 1 is 1.43 bits per heavy atom. The lowest BCUT2D eigenvalue weighted by atomic mass is 10.3. The van der Waals surface area contributed by atoms with Crippen molar-refractivity contribution in [3.63, 3.8) is 0 Å². The van der Waals surface area contributed by atoms with E-state index in [9.17, 15) is 4.79 Å². The SMILES string of the molecule is CCOCCn1c(=NC(=O)c2ccco2)sc2cc(Cl)ccc21. The summed E-state index contributed by atoms with van der Waals surface area (Å²) >= 11 is 7.47. The Bertz CT molecular complexity index is 881. The Balaban J connectivity index is 2.06. The molecule has 2 aromatic heterocycles. The first-order valence-electron chi connectivity index (χ1n) is 7.18. The van der Waals surface area contributed by atoms with E-state index in [4.69, 9.17) is 20.8 Å². The quantitative estimate of drug-likeness (QED) is 0.659. The molecule has 3 aromatic rings. The highest BCUT2D eigenvalue weighted by Gasteiger charge is 2.11. The molecule has 0 saturated heterocycles. The number of amides is 1. The van der Waals surface area contributed by atoms with E-state index < -0.39 is 5.91 Å². The number of carbonyl (C=O) groups is 1. The van der Waals surface area contributed by atoms with Crippen molar-refractivity contribution < 1.29 is 13.9 Å². The summed E-state index contributed by atoms with van der Waals surface area (Å²) in [5.41, 5.74) is 0.977. The van der Waals surface area contributed by atoms with E-state index in [1.165, 1.54) is 17.6 Å².